The quantitative estimate of drug-likeness (QED) is 0.164. The monoisotopic (exact) mass is 526 g/mol. The van der Waals surface area contributed by atoms with Gasteiger partial charge >= 0.3 is 0 Å². The van der Waals surface area contributed by atoms with Crippen LogP contribution < -0.4 is 18.9 Å². The van der Waals surface area contributed by atoms with Crippen LogP contribution in [-0.4, -0.2) is 40.0 Å². The van der Waals surface area contributed by atoms with Crippen LogP contribution in [0.1, 0.15) is 92.9 Å². The molecule has 0 aromatic heterocycles. The number of benzene rings is 2. The van der Waals surface area contributed by atoms with E-state index in [0.717, 1.165) is 38.3 Å². The topological polar surface area (TPSA) is 71.1 Å². The molecule has 0 N–H and O–H groups in total. The van der Waals surface area contributed by atoms with Gasteiger partial charge in [-0.25, -0.2) is 0 Å². The first-order valence-corrected chi connectivity index (χ1v) is 14.0. The Morgan fingerprint density at radius 2 is 1.05 bits per heavy atom. The van der Waals surface area contributed by atoms with Crippen LogP contribution in [0.25, 0.3) is 0 Å². The van der Waals surface area contributed by atoms with E-state index in [-0.39, 0.29) is 0 Å². The molecule has 0 aliphatic rings. The second-order valence-electron chi connectivity index (χ2n) is 9.95. The average Bonchev–Trinajstić information content (AvgIpc) is 2.96. The summed E-state index contributed by atoms with van der Waals surface area (Å²) in [5.41, 5.74) is 1.10. The van der Waals surface area contributed by atoms with Gasteiger partial charge < -0.3 is 18.9 Å². The zero-order valence-corrected chi connectivity index (χ0v) is 23.9. The zero-order valence-electron chi connectivity index (χ0n) is 23.9. The van der Waals surface area contributed by atoms with Gasteiger partial charge in [-0.1, -0.05) is 52.9 Å². The predicted molar refractivity (Wildman–Crippen MR) is 152 cm³/mol. The van der Waals surface area contributed by atoms with E-state index in [0.29, 0.717) is 65.1 Å². The van der Waals surface area contributed by atoms with Crippen LogP contribution in [0.3, 0.4) is 0 Å². The van der Waals surface area contributed by atoms with Gasteiger partial charge in [0, 0.05) is 12.1 Å². The highest BCUT2D eigenvalue weighted by Crippen LogP contribution is 2.30. The van der Waals surface area contributed by atoms with Crippen LogP contribution in [0.2, 0.25) is 0 Å². The largest absolute Gasteiger partial charge is 0.497 e. The molecule has 38 heavy (non-hydrogen) atoms. The number of methoxy groups -OCH3 is 2. The third-order valence-corrected chi connectivity index (χ3v) is 7.64. The number of ether oxygens (including phenoxy) is 4. The highest BCUT2D eigenvalue weighted by molar-refractivity contribution is 5.80. The minimum atomic E-state index is 0.549. The number of aldehydes is 2. The average molecular weight is 527 g/mol. The van der Waals surface area contributed by atoms with Crippen LogP contribution in [0.15, 0.2) is 36.4 Å². The van der Waals surface area contributed by atoms with E-state index >= 15 is 0 Å². The molecular formula is C32H46O6. The minimum Gasteiger partial charge on any atom is -0.497 e. The van der Waals surface area contributed by atoms with Crippen LogP contribution >= 0.6 is 0 Å². The minimum absolute atomic E-state index is 0.549. The molecule has 0 fully saturated rings. The summed E-state index contributed by atoms with van der Waals surface area (Å²) in [6.45, 7) is 7.95. The van der Waals surface area contributed by atoms with E-state index in [1.165, 1.54) is 25.7 Å². The first-order valence-electron chi connectivity index (χ1n) is 14.0. The van der Waals surface area contributed by atoms with Crippen LogP contribution in [-0.2, 0) is 0 Å². The van der Waals surface area contributed by atoms with Gasteiger partial charge in [0.05, 0.1) is 38.6 Å². The lowest BCUT2D eigenvalue weighted by Gasteiger charge is -2.24. The number of carbonyl (C=O) groups is 2. The van der Waals surface area contributed by atoms with Crippen molar-refractivity contribution in [1.82, 2.24) is 0 Å². The maximum atomic E-state index is 11.4. The van der Waals surface area contributed by atoms with Crippen molar-refractivity contribution in [2.75, 3.05) is 27.4 Å². The molecular weight excluding hydrogens is 480 g/mol. The van der Waals surface area contributed by atoms with Gasteiger partial charge in [-0.3, -0.25) is 9.59 Å². The van der Waals surface area contributed by atoms with Crippen LogP contribution in [0, 0.1) is 17.8 Å². The molecule has 2 rings (SSSR count). The Hall–Kier alpha value is -3.02. The fraction of sp³-hybridized carbons (Fsp3) is 0.562. The molecule has 0 radical (unpaired) electrons. The summed E-state index contributed by atoms with van der Waals surface area (Å²) < 4.78 is 22.5. The summed E-state index contributed by atoms with van der Waals surface area (Å²) in [7, 11) is 3.22. The molecule has 0 heterocycles. The van der Waals surface area contributed by atoms with Crippen molar-refractivity contribution in [3.8, 4) is 23.0 Å². The van der Waals surface area contributed by atoms with Gasteiger partial charge in [0.1, 0.15) is 23.0 Å². The Morgan fingerprint density at radius 1 is 0.632 bits per heavy atom. The third-order valence-electron chi connectivity index (χ3n) is 7.64. The Morgan fingerprint density at radius 3 is 1.47 bits per heavy atom. The Kier molecular flexibility index (Phi) is 14.4. The summed E-state index contributed by atoms with van der Waals surface area (Å²) in [6.07, 6.45) is 10.5. The molecule has 0 bridgehead atoms. The normalized spacial score (nSPS) is 13.3. The van der Waals surface area contributed by atoms with Crippen LogP contribution in [0.5, 0.6) is 23.0 Å². The molecule has 210 valence electrons. The molecule has 3 unspecified atom stereocenters. The Balaban J connectivity index is 1.81. The number of carbonyl (C=O) groups excluding carboxylic acids is 2. The molecule has 6 nitrogen and oxygen atoms in total. The van der Waals surface area contributed by atoms with Crippen LogP contribution in [0.4, 0.5) is 0 Å². The molecule has 0 saturated heterocycles. The van der Waals surface area contributed by atoms with Crippen molar-refractivity contribution < 1.29 is 28.5 Å². The van der Waals surface area contributed by atoms with Gasteiger partial charge in [0.15, 0.2) is 12.6 Å². The van der Waals surface area contributed by atoms with Crippen molar-refractivity contribution in [1.29, 1.82) is 0 Å². The maximum absolute atomic E-state index is 11.4. The highest BCUT2D eigenvalue weighted by Gasteiger charge is 2.17. The van der Waals surface area contributed by atoms with Crippen molar-refractivity contribution in [3.63, 3.8) is 0 Å². The Bertz CT molecular complexity index is 972. The zero-order chi connectivity index (χ0) is 27.8. The van der Waals surface area contributed by atoms with Gasteiger partial charge in [0.25, 0.3) is 0 Å². The lowest BCUT2D eigenvalue weighted by molar-refractivity contribution is 0.111. The summed E-state index contributed by atoms with van der Waals surface area (Å²) >= 11 is 0. The molecule has 2 aromatic rings. The number of hydrogen-bond acceptors (Lipinski definition) is 6. The molecule has 0 saturated carbocycles. The van der Waals surface area contributed by atoms with Crippen molar-refractivity contribution in [2.45, 2.75) is 72.1 Å². The second kappa shape index (κ2) is 17.5. The highest BCUT2D eigenvalue weighted by atomic mass is 16.5. The number of hydrogen-bond donors (Lipinski definition) is 0. The van der Waals surface area contributed by atoms with E-state index < -0.39 is 0 Å². The fourth-order valence-electron chi connectivity index (χ4n) is 4.87. The lowest BCUT2D eigenvalue weighted by atomic mass is 9.83. The summed E-state index contributed by atoms with van der Waals surface area (Å²) in [5, 5.41) is 0. The van der Waals surface area contributed by atoms with Gasteiger partial charge in [-0.15, -0.1) is 0 Å². The van der Waals surface area contributed by atoms with E-state index in [9.17, 15) is 9.59 Å². The molecule has 3 atom stereocenters. The Labute approximate surface area is 229 Å². The fourth-order valence-corrected chi connectivity index (χ4v) is 4.87. The third kappa shape index (κ3) is 10.0. The lowest BCUT2D eigenvalue weighted by Crippen LogP contribution is -2.14. The summed E-state index contributed by atoms with van der Waals surface area (Å²) in [6, 6.07) is 10.6. The molecule has 0 amide bonds. The van der Waals surface area contributed by atoms with E-state index in [1.54, 1.807) is 50.6 Å². The first-order chi connectivity index (χ1) is 18.5. The summed E-state index contributed by atoms with van der Waals surface area (Å²) in [5.74, 6) is 4.40. The van der Waals surface area contributed by atoms with Gasteiger partial charge in [0.2, 0.25) is 0 Å². The van der Waals surface area contributed by atoms with Crippen molar-refractivity contribution >= 4 is 12.6 Å². The molecule has 0 aliphatic carbocycles. The standard InChI is InChI=1S/C32H46O6/c1-6-24(15-17-37-31-20-29(35-4)13-11-27(31)22-33)9-10-25(7-2)19-26(8-3)16-18-38-32-21-30(36-5)14-12-28(32)23-34/h11-14,20-26H,6-10,15-19H2,1-5H3. The molecule has 2 aromatic carbocycles. The molecule has 0 spiro atoms. The SMILES string of the molecule is CCC(CCOc1cc(OC)ccc1C=O)CCC(CC)CC(CC)CCOc1cc(OC)ccc1C=O. The van der Waals surface area contributed by atoms with Crippen molar-refractivity contribution in [2.24, 2.45) is 17.8 Å². The van der Waals surface area contributed by atoms with E-state index in [4.69, 9.17) is 18.9 Å². The number of rotatable bonds is 20. The van der Waals surface area contributed by atoms with Gasteiger partial charge in [-0.05, 0) is 61.3 Å². The molecule has 0 aliphatic heterocycles. The van der Waals surface area contributed by atoms with E-state index in [1.807, 2.05) is 0 Å². The summed E-state index contributed by atoms with van der Waals surface area (Å²) in [4.78, 5) is 22.7. The maximum Gasteiger partial charge on any atom is 0.153 e. The molecule has 6 heteroatoms. The van der Waals surface area contributed by atoms with Crippen molar-refractivity contribution in [3.05, 3.63) is 47.5 Å². The first kappa shape index (κ1) is 31.2. The van der Waals surface area contributed by atoms with E-state index in [2.05, 4.69) is 20.8 Å². The van der Waals surface area contributed by atoms with Gasteiger partial charge in [-0.2, -0.15) is 0 Å². The smallest absolute Gasteiger partial charge is 0.153 e. The predicted octanol–water partition coefficient (Wildman–Crippen LogP) is 7.82. The second-order valence-corrected chi connectivity index (χ2v) is 9.95.